The molecule has 1 saturated heterocycles. The average Bonchev–Trinajstić information content (AvgIpc) is 2.46. The fourth-order valence-electron chi connectivity index (χ4n) is 2.57. The number of hydrogen-bond donors (Lipinski definition) is 4. The fraction of sp³-hybridized carbons (Fsp3) is 1.00. The first kappa shape index (κ1) is 19.8. The molecule has 132 valence electrons. The van der Waals surface area contributed by atoms with Gasteiger partial charge in [-0.25, -0.2) is 0 Å². The zero-order valence-corrected chi connectivity index (χ0v) is 13.9. The molecule has 6 unspecified atom stereocenters. The fourth-order valence-corrected chi connectivity index (χ4v) is 2.57. The van der Waals surface area contributed by atoms with E-state index in [-0.39, 0.29) is 6.61 Å². The highest BCUT2D eigenvalue weighted by Gasteiger charge is 2.42. The molecule has 0 aromatic rings. The van der Waals surface area contributed by atoms with E-state index in [1.165, 1.54) is 19.3 Å². The standard InChI is InChI=1S/C16H32O6/c1-10(2)5-4-6-11(3)7-8-21-9-12-13(17)14(18)15(19)16(20)22-12/h10-20H,4-9H2,1-3H3. The van der Waals surface area contributed by atoms with Crippen molar-refractivity contribution in [2.45, 2.75) is 77.2 Å². The molecule has 1 rings (SSSR count). The van der Waals surface area contributed by atoms with Gasteiger partial charge < -0.3 is 29.9 Å². The molecule has 0 amide bonds. The van der Waals surface area contributed by atoms with Crippen LogP contribution in [0.15, 0.2) is 0 Å². The van der Waals surface area contributed by atoms with Crippen LogP contribution in [0.25, 0.3) is 0 Å². The number of aliphatic hydroxyl groups excluding tert-OH is 4. The third-order valence-corrected chi connectivity index (χ3v) is 4.20. The lowest BCUT2D eigenvalue weighted by molar-refractivity contribution is -0.288. The molecule has 1 fully saturated rings. The highest BCUT2D eigenvalue weighted by molar-refractivity contribution is 4.88. The minimum atomic E-state index is -1.50. The monoisotopic (exact) mass is 320 g/mol. The molecule has 6 heteroatoms. The van der Waals surface area contributed by atoms with Crippen molar-refractivity contribution in [3.8, 4) is 0 Å². The molecule has 1 aliphatic heterocycles. The third-order valence-electron chi connectivity index (χ3n) is 4.20. The van der Waals surface area contributed by atoms with Crippen molar-refractivity contribution in [3.63, 3.8) is 0 Å². The van der Waals surface area contributed by atoms with Gasteiger partial charge in [-0.1, -0.05) is 40.0 Å². The van der Waals surface area contributed by atoms with Crippen LogP contribution in [-0.2, 0) is 9.47 Å². The molecule has 1 heterocycles. The van der Waals surface area contributed by atoms with Gasteiger partial charge in [-0.3, -0.25) is 0 Å². The van der Waals surface area contributed by atoms with Crippen molar-refractivity contribution < 1.29 is 29.9 Å². The van der Waals surface area contributed by atoms with Crippen molar-refractivity contribution >= 4 is 0 Å². The number of ether oxygens (including phenoxy) is 2. The Morgan fingerprint density at radius 2 is 1.59 bits per heavy atom. The molecule has 22 heavy (non-hydrogen) atoms. The summed E-state index contributed by atoms with van der Waals surface area (Å²) in [6.07, 6.45) is -1.94. The van der Waals surface area contributed by atoms with Crippen LogP contribution < -0.4 is 0 Å². The van der Waals surface area contributed by atoms with Crippen LogP contribution in [0.1, 0.15) is 46.5 Å². The predicted octanol–water partition coefficient (Wildman–Crippen LogP) is 0.655. The van der Waals surface area contributed by atoms with Gasteiger partial charge >= 0.3 is 0 Å². The maximum atomic E-state index is 9.78. The highest BCUT2D eigenvalue weighted by atomic mass is 16.6. The maximum Gasteiger partial charge on any atom is 0.184 e. The lowest BCUT2D eigenvalue weighted by Gasteiger charge is -2.38. The van der Waals surface area contributed by atoms with Gasteiger partial charge in [0.2, 0.25) is 0 Å². The van der Waals surface area contributed by atoms with Gasteiger partial charge in [-0.05, 0) is 18.3 Å². The van der Waals surface area contributed by atoms with E-state index in [4.69, 9.17) is 9.47 Å². The van der Waals surface area contributed by atoms with E-state index < -0.39 is 30.7 Å². The summed E-state index contributed by atoms with van der Waals surface area (Å²) in [5.41, 5.74) is 0. The molecular weight excluding hydrogens is 288 g/mol. The van der Waals surface area contributed by atoms with Gasteiger partial charge in [-0.2, -0.15) is 0 Å². The van der Waals surface area contributed by atoms with Crippen LogP contribution in [0.3, 0.4) is 0 Å². The minimum Gasteiger partial charge on any atom is -0.387 e. The lowest BCUT2D eigenvalue weighted by Crippen LogP contribution is -2.58. The van der Waals surface area contributed by atoms with E-state index >= 15 is 0 Å². The smallest absolute Gasteiger partial charge is 0.184 e. The first-order chi connectivity index (χ1) is 10.3. The van der Waals surface area contributed by atoms with Gasteiger partial charge in [0.05, 0.1) is 6.61 Å². The van der Waals surface area contributed by atoms with E-state index in [2.05, 4.69) is 20.8 Å². The van der Waals surface area contributed by atoms with Gasteiger partial charge in [-0.15, -0.1) is 0 Å². The first-order valence-electron chi connectivity index (χ1n) is 8.28. The Balaban J connectivity index is 2.16. The van der Waals surface area contributed by atoms with E-state index in [1.54, 1.807) is 0 Å². The molecule has 6 atom stereocenters. The lowest BCUT2D eigenvalue weighted by atomic mass is 9.97. The number of aliphatic hydroxyl groups is 4. The largest absolute Gasteiger partial charge is 0.387 e. The normalized spacial score (nSPS) is 34.1. The molecule has 0 aliphatic carbocycles. The highest BCUT2D eigenvalue weighted by Crippen LogP contribution is 2.20. The van der Waals surface area contributed by atoms with E-state index in [1.807, 2.05) is 0 Å². The molecule has 1 aliphatic rings. The maximum absolute atomic E-state index is 9.78. The van der Waals surface area contributed by atoms with E-state index in [0.29, 0.717) is 12.5 Å². The second kappa shape index (κ2) is 9.80. The summed E-state index contributed by atoms with van der Waals surface area (Å²) in [4.78, 5) is 0. The van der Waals surface area contributed by atoms with Crippen molar-refractivity contribution in [2.75, 3.05) is 13.2 Å². The van der Waals surface area contributed by atoms with Crippen molar-refractivity contribution in [3.05, 3.63) is 0 Å². The molecule has 0 radical (unpaired) electrons. The topological polar surface area (TPSA) is 99.4 Å². The molecule has 0 spiro atoms. The molecule has 0 bridgehead atoms. The van der Waals surface area contributed by atoms with E-state index in [0.717, 1.165) is 12.3 Å². The zero-order valence-electron chi connectivity index (χ0n) is 13.9. The molecule has 6 nitrogen and oxygen atoms in total. The SMILES string of the molecule is CC(C)CCCC(C)CCOCC1OC(O)C(O)C(O)C1O. The van der Waals surface area contributed by atoms with Crippen LogP contribution in [-0.4, -0.2) is 64.3 Å². The van der Waals surface area contributed by atoms with Crippen LogP contribution in [0.4, 0.5) is 0 Å². The number of hydrogen-bond acceptors (Lipinski definition) is 6. The Hall–Kier alpha value is -0.240. The second-order valence-corrected chi connectivity index (χ2v) is 6.83. The number of rotatable bonds is 9. The Morgan fingerprint density at radius 3 is 2.23 bits per heavy atom. The van der Waals surface area contributed by atoms with Crippen LogP contribution >= 0.6 is 0 Å². The molecule has 0 aromatic carbocycles. The first-order valence-corrected chi connectivity index (χ1v) is 8.28. The summed E-state index contributed by atoms with van der Waals surface area (Å²) in [5.74, 6) is 1.32. The average molecular weight is 320 g/mol. The summed E-state index contributed by atoms with van der Waals surface area (Å²) < 4.78 is 10.5. The van der Waals surface area contributed by atoms with Gasteiger partial charge in [0.25, 0.3) is 0 Å². The zero-order chi connectivity index (χ0) is 16.7. The van der Waals surface area contributed by atoms with Crippen LogP contribution in [0, 0.1) is 11.8 Å². The molecule has 4 N–H and O–H groups in total. The second-order valence-electron chi connectivity index (χ2n) is 6.83. The molecule has 0 saturated carbocycles. The summed E-state index contributed by atoms with van der Waals surface area (Å²) in [6, 6.07) is 0. The van der Waals surface area contributed by atoms with Crippen LogP contribution in [0.2, 0.25) is 0 Å². The summed E-state index contributed by atoms with van der Waals surface area (Å²) in [7, 11) is 0. The molecule has 0 aromatic heterocycles. The van der Waals surface area contributed by atoms with Crippen molar-refractivity contribution in [1.82, 2.24) is 0 Å². The van der Waals surface area contributed by atoms with Gasteiger partial charge in [0.15, 0.2) is 6.29 Å². The minimum absolute atomic E-state index is 0.0840. The quantitative estimate of drug-likeness (QED) is 0.466. The summed E-state index contributed by atoms with van der Waals surface area (Å²) in [6.45, 7) is 7.27. The Bertz CT molecular complexity index is 298. The third kappa shape index (κ3) is 6.48. The van der Waals surface area contributed by atoms with Crippen molar-refractivity contribution in [1.29, 1.82) is 0 Å². The Labute approximate surface area is 133 Å². The molecular formula is C16H32O6. The summed E-state index contributed by atoms with van der Waals surface area (Å²) >= 11 is 0. The Morgan fingerprint density at radius 1 is 0.909 bits per heavy atom. The predicted molar refractivity (Wildman–Crippen MR) is 82.2 cm³/mol. The van der Waals surface area contributed by atoms with Gasteiger partial charge in [0.1, 0.15) is 24.4 Å². The van der Waals surface area contributed by atoms with Crippen molar-refractivity contribution in [2.24, 2.45) is 11.8 Å². The van der Waals surface area contributed by atoms with E-state index in [9.17, 15) is 20.4 Å². The van der Waals surface area contributed by atoms with Gasteiger partial charge in [0, 0.05) is 6.61 Å². The Kier molecular flexibility index (Phi) is 8.82. The van der Waals surface area contributed by atoms with Crippen LogP contribution in [0.5, 0.6) is 0 Å². The summed E-state index contributed by atoms with van der Waals surface area (Å²) in [5, 5.41) is 38.2.